The number of aliphatic carboxylic acids is 1. The maximum atomic E-state index is 11.9. The van der Waals surface area contributed by atoms with Gasteiger partial charge in [-0.15, -0.1) is 0 Å². The van der Waals surface area contributed by atoms with Gasteiger partial charge in [0.05, 0.1) is 6.10 Å². The quantitative estimate of drug-likeness (QED) is 0.719. The maximum Gasteiger partial charge on any atom is 0.331 e. The van der Waals surface area contributed by atoms with Gasteiger partial charge in [0.15, 0.2) is 0 Å². The van der Waals surface area contributed by atoms with Crippen molar-refractivity contribution >= 4 is 11.9 Å². The summed E-state index contributed by atoms with van der Waals surface area (Å²) in [6.07, 6.45) is 0.878. The molecule has 1 heterocycles. The summed E-state index contributed by atoms with van der Waals surface area (Å²) < 4.78 is 5.15. The summed E-state index contributed by atoms with van der Waals surface area (Å²) in [4.78, 5) is 24.3. The van der Waals surface area contributed by atoms with Crippen molar-refractivity contribution in [3.8, 4) is 0 Å². The molecule has 1 amide bonds. The topological polar surface area (TPSA) is 66.8 Å². The molecule has 1 aliphatic heterocycles. The molecule has 1 fully saturated rings. The first kappa shape index (κ1) is 12.7. The van der Waals surface area contributed by atoms with Crippen LogP contribution in [-0.4, -0.2) is 48.2 Å². The van der Waals surface area contributed by atoms with E-state index in [1.54, 1.807) is 18.9 Å². The van der Waals surface area contributed by atoms with E-state index in [1.807, 2.05) is 0 Å². The fourth-order valence-corrected chi connectivity index (χ4v) is 1.66. The van der Waals surface area contributed by atoms with Gasteiger partial charge in [-0.1, -0.05) is 0 Å². The minimum absolute atomic E-state index is 0.0712. The number of hydrogen-bond acceptors (Lipinski definition) is 3. The molecule has 1 N–H and O–H groups in total. The second-order valence-corrected chi connectivity index (χ2v) is 3.95. The molecule has 90 valence electrons. The van der Waals surface area contributed by atoms with Gasteiger partial charge >= 0.3 is 5.97 Å². The summed E-state index contributed by atoms with van der Waals surface area (Å²) in [5.41, 5.74) is 0.398. The van der Waals surface area contributed by atoms with E-state index in [9.17, 15) is 9.59 Å². The van der Waals surface area contributed by atoms with Crippen molar-refractivity contribution in [2.45, 2.75) is 26.4 Å². The second-order valence-electron chi connectivity index (χ2n) is 3.95. The summed E-state index contributed by atoms with van der Waals surface area (Å²) in [5.74, 6) is -1.26. The number of carboxylic acid groups (broad SMARTS) is 1. The van der Waals surface area contributed by atoms with Crippen molar-refractivity contribution < 1.29 is 19.4 Å². The molecular weight excluding hydrogens is 210 g/mol. The molecule has 1 atom stereocenters. The predicted molar refractivity (Wildman–Crippen MR) is 58.0 cm³/mol. The van der Waals surface area contributed by atoms with E-state index in [-0.39, 0.29) is 17.6 Å². The molecule has 1 rings (SSSR count). The van der Waals surface area contributed by atoms with Crippen LogP contribution < -0.4 is 0 Å². The Bertz CT molecular complexity index is 335. The third-order valence-electron chi connectivity index (χ3n) is 2.97. The van der Waals surface area contributed by atoms with Gasteiger partial charge in [0, 0.05) is 31.3 Å². The monoisotopic (exact) mass is 227 g/mol. The average Bonchev–Trinajstić information content (AvgIpc) is 2.74. The van der Waals surface area contributed by atoms with Gasteiger partial charge < -0.3 is 14.7 Å². The summed E-state index contributed by atoms with van der Waals surface area (Å²) in [7, 11) is 1.61. The van der Waals surface area contributed by atoms with Crippen LogP contribution in [0, 0.1) is 0 Å². The van der Waals surface area contributed by atoms with Gasteiger partial charge in [0.25, 0.3) is 0 Å². The van der Waals surface area contributed by atoms with Crippen LogP contribution in [0.1, 0.15) is 20.3 Å². The Labute approximate surface area is 94.7 Å². The fourth-order valence-electron chi connectivity index (χ4n) is 1.66. The number of carboxylic acids is 1. The van der Waals surface area contributed by atoms with Crippen LogP contribution >= 0.6 is 0 Å². The average molecular weight is 227 g/mol. The number of likely N-dealkylation sites (tertiary alicyclic amines) is 1. The van der Waals surface area contributed by atoms with Crippen LogP contribution in [0.15, 0.2) is 11.1 Å². The van der Waals surface area contributed by atoms with E-state index in [0.717, 1.165) is 6.42 Å². The van der Waals surface area contributed by atoms with Crippen molar-refractivity contribution in [2.24, 2.45) is 0 Å². The largest absolute Gasteiger partial charge is 0.478 e. The Morgan fingerprint density at radius 1 is 1.31 bits per heavy atom. The normalized spacial score (nSPS) is 21.9. The van der Waals surface area contributed by atoms with E-state index in [4.69, 9.17) is 9.84 Å². The highest BCUT2D eigenvalue weighted by Gasteiger charge is 2.27. The molecule has 1 unspecified atom stereocenters. The zero-order valence-electron chi connectivity index (χ0n) is 9.82. The van der Waals surface area contributed by atoms with Crippen LogP contribution in [0.4, 0.5) is 0 Å². The molecule has 5 nitrogen and oxygen atoms in total. The van der Waals surface area contributed by atoms with Crippen molar-refractivity contribution in [2.75, 3.05) is 20.2 Å². The summed E-state index contributed by atoms with van der Waals surface area (Å²) >= 11 is 0. The van der Waals surface area contributed by atoms with Crippen LogP contribution in [0.3, 0.4) is 0 Å². The number of methoxy groups -OCH3 is 1. The lowest BCUT2D eigenvalue weighted by atomic mass is 10.1. The van der Waals surface area contributed by atoms with Crippen molar-refractivity contribution in [1.82, 2.24) is 4.90 Å². The molecule has 0 saturated carbocycles. The Balaban J connectivity index is 2.73. The number of carbonyl (C=O) groups excluding carboxylic acids is 1. The van der Waals surface area contributed by atoms with Crippen molar-refractivity contribution in [1.29, 1.82) is 0 Å². The molecule has 1 aliphatic rings. The fraction of sp³-hybridized carbons (Fsp3) is 0.636. The Morgan fingerprint density at radius 3 is 2.38 bits per heavy atom. The number of carbonyl (C=O) groups is 2. The molecule has 16 heavy (non-hydrogen) atoms. The number of ether oxygens (including phenoxy) is 1. The highest BCUT2D eigenvalue weighted by molar-refractivity contribution is 6.01. The lowest BCUT2D eigenvalue weighted by Gasteiger charge is -2.17. The molecule has 0 aromatic heterocycles. The zero-order valence-corrected chi connectivity index (χ0v) is 9.82. The van der Waals surface area contributed by atoms with Crippen molar-refractivity contribution in [3.63, 3.8) is 0 Å². The van der Waals surface area contributed by atoms with Crippen LogP contribution in [0.2, 0.25) is 0 Å². The van der Waals surface area contributed by atoms with E-state index >= 15 is 0 Å². The third-order valence-corrected chi connectivity index (χ3v) is 2.97. The minimum Gasteiger partial charge on any atom is -0.478 e. The zero-order chi connectivity index (χ0) is 12.3. The first-order chi connectivity index (χ1) is 7.47. The lowest BCUT2D eigenvalue weighted by Crippen LogP contribution is -2.31. The molecule has 5 heteroatoms. The second kappa shape index (κ2) is 5.12. The van der Waals surface area contributed by atoms with E-state index < -0.39 is 5.97 Å². The summed E-state index contributed by atoms with van der Waals surface area (Å²) in [6, 6.07) is 0. The molecule has 1 saturated heterocycles. The maximum absolute atomic E-state index is 11.9. The number of nitrogens with zero attached hydrogens (tertiary/aromatic N) is 1. The van der Waals surface area contributed by atoms with Crippen LogP contribution in [0.25, 0.3) is 0 Å². The minimum atomic E-state index is -1.05. The SMILES string of the molecule is COC1CCN(C(=O)C(C)=C(C)C(=O)O)C1. The first-order valence-corrected chi connectivity index (χ1v) is 5.20. The summed E-state index contributed by atoms with van der Waals surface area (Å²) in [5, 5.41) is 8.79. The van der Waals surface area contributed by atoms with Gasteiger partial charge in [0.1, 0.15) is 0 Å². The molecular formula is C11H17NO4. The molecule has 0 bridgehead atoms. The highest BCUT2D eigenvalue weighted by Crippen LogP contribution is 2.16. The number of rotatable bonds is 3. The summed E-state index contributed by atoms with van der Waals surface area (Å²) in [6.45, 7) is 4.16. The van der Waals surface area contributed by atoms with Gasteiger partial charge in [-0.25, -0.2) is 4.79 Å². The molecule has 0 aromatic rings. The molecule has 0 radical (unpaired) electrons. The standard InChI is InChI=1S/C11H17NO4/c1-7(8(2)11(14)15)10(13)12-5-4-9(6-12)16-3/h9H,4-6H2,1-3H3,(H,14,15). The Hall–Kier alpha value is -1.36. The predicted octanol–water partition coefficient (Wildman–Crippen LogP) is 0.655. The van der Waals surface area contributed by atoms with Gasteiger partial charge in [0.2, 0.25) is 5.91 Å². The molecule has 0 aliphatic carbocycles. The number of hydrogen-bond donors (Lipinski definition) is 1. The van der Waals surface area contributed by atoms with E-state index in [2.05, 4.69) is 0 Å². The van der Waals surface area contributed by atoms with E-state index in [1.165, 1.54) is 6.92 Å². The van der Waals surface area contributed by atoms with Gasteiger partial charge in [-0.3, -0.25) is 4.79 Å². The lowest BCUT2D eigenvalue weighted by molar-refractivity contribution is -0.133. The number of amides is 1. The Kier molecular flexibility index (Phi) is 4.06. The van der Waals surface area contributed by atoms with Crippen LogP contribution in [-0.2, 0) is 14.3 Å². The van der Waals surface area contributed by atoms with Crippen LogP contribution in [0.5, 0.6) is 0 Å². The highest BCUT2D eigenvalue weighted by atomic mass is 16.5. The van der Waals surface area contributed by atoms with Crippen molar-refractivity contribution in [3.05, 3.63) is 11.1 Å². The van der Waals surface area contributed by atoms with Gasteiger partial charge in [-0.2, -0.15) is 0 Å². The van der Waals surface area contributed by atoms with E-state index in [0.29, 0.717) is 18.7 Å². The Morgan fingerprint density at radius 2 is 1.94 bits per heavy atom. The first-order valence-electron chi connectivity index (χ1n) is 5.20. The smallest absolute Gasteiger partial charge is 0.331 e. The molecule has 0 spiro atoms. The third kappa shape index (κ3) is 2.61. The molecule has 0 aromatic carbocycles. The van der Waals surface area contributed by atoms with Gasteiger partial charge in [-0.05, 0) is 20.3 Å².